The van der Waals surface area contributed by atoms with Crippen LogP contribution in [0.4, 0.5) is 0 Å². The zero-order valence-corrected chi connectivity index (χ0v) is 15.2. The van der Waals surface area contributed by atoms with Crippen LogP contribution in [0, 0.1) is 0 Å². The molecule has 0 aromatic heterocycles. The lowest BCUT2D eigenvalue weighted by molar-refractivity contribution is -0.123. The maximum atomic E-state index is 12.7. The fourth-order valence-corrected chi connectivity index (χ4v) is 3.30. The Morgan fingerprint density at radius 1 is 1.12 bits per heavy atom. The topological polar surface area (TPSA) is 47.6 Å². The second-order valence-electron chi connectivity index (χ2n) is 6.29. The van der Waals surface area contributed by atoms with Crippen molar-refractivity contribution in [2.24, 2.45) is 0 Å². The van der Waals surface area contributed by atoms with Gasteiger partial charge in [0.2, 0.25) is 5.91 Å². The van der Waals surface area contributed by atoms with Gasteiger partial charge in [-0.05, 0) is 54.7 Å². The van der Waals surface area contributed by atoms with Gasteiger partial charge in [-0.3, -0.25) is 4.79 Å². The van der Waals surface area contributed by atoms with E-state index >= 15 is 0 Å². The summed E-state index contributed by atoms with van der Waals surface area (Å²) in [4.78, 5) is 12.7. The van der Waals surface area contributed by atoms with E-state index in [0.717, 1.165) is 30.4 Å². The van der Waals surface area contributed by atoms with E-state index in [1.165, 1.54) is 0 Å². The number of methoxy groups -OCH3 is 2. The highest BCUT2D eigenvalue weighted by molar-refractivity contribution is 6.30. The van der Waals surface area contributed by atoms with Gasteiger partial charge in [-0.25, -0.2) is 0 Å². The van der Waals surface area contributed by atoms with Crippen molar-refractivity contribution < 1.29 is 14.3 Å². The van der Waals surface area contributed by atoms with Gasteiger partial charge in [0, 0.05) is 11.6 Å². The van der Waals surface area contributed by atoms with Crippen molar-refractivity contribution in [1.82, 2.24) is 5.32 Å². The molecule has 0 bridgehead atoms. The number of carbonyl (C=O) groups excluding carboxylic acids is 1. The van der Waals surface area contributed by atoms with Gasteiger partial charge < -0.3 is 14.8 Å². The van der Waals surface area contributed by atoms with Gasteiger partial charge in [0.15, 0.2) is 11.5 Å². The molecule has 1 aliphatic rings. The second kappa shape index (κ2) is 7.36. The Kier molecular flexibility index (Phi) is 5.19. The quantitative estimate of drug-likeness (QED) is 0.819. The number of amides is 1. The molecule has 2 aromatic carbocycles. The minimum atomic E-state index is -0.437. The van der Waals surface area contributed by atoms with Gasteiger partial charge in [0.1, 0.15) is 0 Å². The Bertz CT molecular complexity index is 771. The van der Waals surface area contributed by atoms with E-state index in [1.54, 1.807) is 14.2 Å². The molecule has 0 saturated heterocycles. The molecule has 0 atom stereocenters. The molecule has 1 fully saturated rings. The van der Waals surface area contributed by atoms with Gasteiger partial charge in [0.25, 0.3) is 0 Å². The van der Waals surface area contributed by atoms with Crippen molar-refractivity contribution in [3.8, 4) is 11.5 Å². The highest BCUT2D eigenvalue weighted by Gasteiger charge is 2.51. The van der Waals surface area contributed by atoms with Gasteiger partial charge in [0.05, 0.1) is 19.6 Å². The van der Waals surface area contributed by atoms with Crippen molar-refractivity contribution in [2.75, 3.05) is 20.8 Å². The third kappa shape index (κ3) is 3.74. The third-order valence-electron chi connectivity index (χ3n) is 4.71. The predicted octanol–water partition coefficient (Wildman–Crippen LogP) is 3.75. The Labute approximate surface area is 153 Å². The fourth-order valence-electron chi connectivity index (χ4n) is 3.09. The van der Waals surface area contributed by atoms with Gasteiger partial charge in [-0.2, -0.15) is 0 Å². The smallest absolute Gasteiger partial charge is 0.230 e. The third-order valence-corrected chi connectivity index (χ3v) is 4.94. The minimum Gasteiger partial charge on any atom is -0.493 e. The molecule has 0 spiro atoms. The molecule has 1 saturated carbocycles. The molecule has 2 aromatic rings. The molecule has 4 nitrogen and oxygen atoms in total. The zero-order chi connectivity index (χ0) is 17.9. The van der Waals surface area contributed by atoms with Gasteiger partial charge >= 0.3 is 0 Å². The predicted molar refractivity (Wildman–Crippen MR) is 98.6 cm³/mol. The zero-order valence-electron chi connectivity index (χ0n) is 14.5. The van der Waals surface area contributed by atoms with Crippen LogP contribution in [0.3, 0.4) is 0 Å². The summed E-state index contributed by atoms with van der Waals surface area (Å²) in [6, 6.07) is 13.4. The van der Waals surface area contributed by atoms with Gasteiger partial charge in [-0.1, -0.05) is 29.8 Å². The SMILES string of the molecule is COc1ccc(C2(C(=O)NCCc3cccc(Cl)c3)CC2)cc1OC. The number of nitrogens with one attached hydrogen (secondary N) is 1. The highest BCUT2D eigenvalue weighted by Crippen LogP contribution is 2.50. The van der Waals surface area contributed by atoms with Crippen LogP contribution < -0.4 is 14.8 Å². The van der Waals surface area contributed by atoms with Crippen molar-refractivity contribution in [3.05, 3.63) is 58.6 Å². The number of ether oxygens (including phenoxy) is 2. The summed E-state index contributed by atoms with van der Waals surface area (Å²) in [6.07, 6.45) is 2.46. The average Bonchev–Trinajstić information content (AvgIpc) is 3.43. The molecular formula is C20H22ClNO3. The van der Waals surface area contributed by atoms with E-state index in [9.17, 15) is 4.79 Å². The molecule has 1 amide bonds. The summed E-state index contributed by atoms with van der Waals surface area (Å²) in [6.45, 7) is 0.591. The monoisotopic (exact) mass is 359 g/mol. The number of carbonyl (C=O) groups is 1. The van der Waals surface area contributed by atoms with Crippen LogP contribution in [-0.4, -0.2) is 26.7 Å². The molecule has 5 heteroatoms. The van der Waals surface area contributed by atoms with Crippen molar-refractivity contribution >= 4 is 17.5 Å². The van der Waals surface area contributed by atoms with Crippen molar-refractivity contribution in [3.63, 3.8) is 0 Å². The molecule has 0 heterocycles. The lowest BCUT2D eigenvalue weighted by Crippen LogP contribution is -2.36. The summed E-state index contributed by atoms with van der Waals surface area (Å²) >= 11 is 5.99. The van der Waals surface area contributed by atoms with Crippen LogP contribution in [0.1, 0.15) is 24.0 Å². The molecule has 1 aliphatic carbocycles. The molecule has 0 aliphatic heterocycles. The first kappa shape index (κ1) is 17.6. The Balaban J connectivity index is 1.65. The van der Waals surface area contributed by atoms with Gasteiger partial charge in [-0.15, -0.1) is 0 Å². The summed E-state index contributed by atoms with van der Waals surface area (Å²) in [5, 5.41) is 3.78. The summed E-state index contributed by atoms with van der Waals surface area (Å²) < 4.78 is 10.6. The highest BCUT2D eigenvalue weighted by atomic mass is 35.5. The number of rotatable bonds is 7. The lowest BCUT2D eigenvalue weighted by atomic mass is 9.94. The van der Waals surface area contributed by atoms with Crippen LogP contribution >= 0.6 is 11.6 Å². The van der Waals surface area contributed by atoms with E-state index in [1.807, 2.05) is 42.5 Å². The van der Waals surface area contributed by atoms with Crippen LogP contribution in [0.25, 0.3) is 0 Å². The summed E-state index contributed by atoms with van der Waals surface area (Å²) in [5.74, 6) is 1.39. The molecular weight excluding hydrogens is 338 g/mol. The van der Waals surface area contributed by atoms with E-state index in [0.29, 0.717) is 23.1 Å². The maximum Gasteiger partial charge on any atom is 0.230 e. The first-order valence-corrected chi connectivity index (χ1v) is 8.72. The van der Waals surface area contributed by atoms with Crippen LogP contribution in [0.2, 0.25) is 5.02 Å². The standard InChI is InChI=1S/C20H22ClNO3/c1-24-17-7-6-15(13-18(17)25-2)20(9-10-20)19(23)22-11-8-14-4-3-5-16(21)12-14/h3-7,12-13H,8-11H2,1-2H3,(H,22,23). The first-order valence-electron chi connectivity index (χ1n) is 8.34. The fraction of sp³-hybridized carbons (Fsp3) is 0.350. The largest absolute Gasteiger partial charge is 0.493 e. The average molecular weight is 360 g/mol. The number of hydrogen-bond acceptors (Lipinski definition) is 3. The number of benzene rings is 2. The van der Waals surface area contributed by atoms with Crippen molar-refractivity contribution in [1.29, 1.82) is 0 Å². The summed E-state index contributed by atoms with van der Waals surface area (Å²) in [5.41, 5.74) is 1.66. The second-order valence-corrected chi connectivity index (χ2v) is 6.72. The minimum absolute atomic E-state index is 0.0711. The van der Waals surface area contributed by atoms with E-state index in [-0.39, 0.29) is 5.91 Å². The molecule has 0 unspecified atom stereocenters. The van der Waals surface area contributed by atoms with Crippen LogP contribution in [-0.2, 0) is 16.6 Å². The van der Waals surface area contributed by atoms with E-state index < -0.39 is 5.41 Å². The lowest BCUT2D eigenvalue weighted by Gasteiger charge is -2.18. The summed E-state index contributed by atoms with van der Waals surface area (Å²) in [7, 11) is 3.21. The molecule has 25 heavy (non-hydrogen) atoms. The molecule has 3 rings (SSSR count). The molecule has 1 N–H and O–H groups in total. The van der Waals surface area contributed by atoms with E-state index in [2.05, 4.69) is 5.32 Å². The number of halogens is 1. The van der Waals surface area contributed by atoms with Crippen molar-refractivity contribution in [2.45, 2.75) is 24.7 Å². The van der Waals surface area contributed by atoms with Crippen LogP contribution in [0.15, 0.2) is 42.5 Å². The Morgan fingerprint density at radius 3 is 2.52 bits per heavy atom. The maximum absolute atomic E-state index is 12.7. The molecule has 0 radical (unpaired) electrons. The normalized spacial score (nSPS) is 14.7. The van der Waals surface area contributed by atoms with Crippen LogP contribution in [0.5, 0.6) is 11.5 Å². The number of hydrogen-bond donors (Lipinski definition) is 1. The molecule has 132 valence electrons. The van der Waals surface area contributed by atoms with E-state index in [4.69, 9.17) is 21.1 Å². The Morgan fingerprint density at radius 2 is 1.88 bits per heavy atom. The Hall–Kier alpha value is -2.20. The first-order chi connectivity index (χ1) is 12.1.